The van der Waals surface area contributed by atoms with E-state index in [1.165, 1.54) is 25.7 Å². The van der Waals surface area contributed by atoms with E-state index in [1.54, 1.807) is 0 Å². The summed E-state index contributed by atoms with van der Waals surface area (Å²) in [6.07, 6.45) is 17.3. The van der Waals surface area contributed by atoms with Gasteiger partial charge in [-0.1, -0.05) is 37.8 Å². The summed E-state index contributed by atoms with van der Waals surface area (Å²) in [6.45, 7) is 7.68. The molecule has 2 N–H and O–H groups in total. The normalized spacial score (nSPS) is 36.3. The first kappa shape index (κ1) is 21.1. The van der Waals surface area contributed by atoms with E-state index in [0.717, 1.165) is 63.2 Å². The summed E-state index contributed by atoms with van der Waals surface area (Å²) in [6, 6.07) is -0.680. The Kier molecular flexibility index (Phi) is 7.75. The van der Waals surface area contributed by atoms with Crippen LogP contribution in [-0.4, -0.2) is 23.9 Å². The second-order valence-corrected chi connectivity index (χ2v) is 9.42. The third-order valence-electron chi connectivity index (χ3n) is 7.34. The molecule has 1 saturated heterocycles. The molecule has 4 heteroatoms. The number of carbonyl (C=O) groups excluding carboxylic acids is 2. The monoisotopic (exact) mass is 386 g/mol. The Labute approximate surface area is 170 Å². The molecule has 4 nitrogen and oxygen atoms in total. The van der Waals surface area contributed by atoms with E-state index in [2.05, 4.69) is 23.8 Å². The van der Waals surface area contributed by atoms with E-state index < -0.39 is 0 Å². The lowest BCUT2D eigenvalue weighted by molar-refractivity contribution is -0.137. The molecule has 0 aromatic heterocycles. The van der Waals surface area contributed by atoms with Crippen LogP contribution in [-0.2, 0) is 9.59 Å². The number of hydrogen-bond donors (Lipinski definition) is 2. The molecule has 0 spiro atoms. The molecule has 2 saturated carbocycles. The smallest absolute Gasteiger partial charge is 0.243 e. The summed E-state index contributed by atoms with van der Waals surface area (Å²) in [5.41, 5.74) is 0. The fourth-order valence-electron chi connectivity index (χ4n) is 5.55. The van der Waals surface area contributed by atoms with E-state index in [0.29, 0.717) is 11.8 Å². The third-order valence-corrected chi connectivity index (χ3v) is 7.34. The third kappa shape index (κ3) is 5.71. The van der Waals surface area contributed by atoms with E-state index in [4.69, 9.17) is 0 Å². The van der Waals surface area contributed by atoms with Gasteiger partial charge in [0.15, 0.2) is 0 Å². The molecule has 1 heterocycles. The van der Waals surface area contributed by atoms with E-state index >= 15 is 0 Å². The van der Waals surface area contributed by atoms with Crippen molar-refractivity contribution < 1.29 is 9.59 Å². The molecule has 2 amide bonds. The van der Waals surface area contributed by atoms with E-state index in [-0.39, 0.29) is 23.9 Å². The van der Waals surface area contributed by atoms with Crippen molar-refractivity contribution in [2.75, 3.05) is 0 Å². The predicted octanol–water partition coefficient (Wildman–Crippen LogP) is 4.51. The van der Waals surface area contributed by atoms with Crippen molar-refractivity contribution in [1.29, 1.82) is 0 Å². The van der Waals surface area contributed by atoms with Crippen LogP contribution in [0.2, 0.25) is 0 Å². The average Bonchev–Trinajstić information content (AvgIpc) is 2.69. The Bertz CT molecular complexity index is 507. The fourth-order valence-corrected chi connectivity index (χ4v) is 5.55. The number of carbonyl (C=O) groups is 2. The number of amides is 2. The van der Waals surface area contributed by atoms with Crippen molar-refractivity contribution in [2.24, 2.45) is 23.7 Å². The molecule has 3 aliphatic rings. The maximum atomic E-state index is 12.6. The molecule has 156 valence electrons. The van der Waals surface area contributed by atoms with Crippen molar-refractivity contribution in [3.8, 4) is 0 Å². The van der Waals surface area contributed by atoms with Gasteiger partial charge in [-0.2, -0.15) is 0 Å². The Hall–Kier alpha value is -1.58. The van der Waals surface area contributed by atoms with Crippen LogP contribution in [0.4, 0.5) is 0 Å². The first-order valence-electron chi connectivity index (χ1n) is 11.4. The summed E-state index contributed by atoms with van der Waals surface area (Å²) in [7, 11) is 0. The predicted molar refractivity (Wildman–Crippen MR) is 114 cm³/mol. The first-order valence-corrected chi connectivity index (χ1v) is 11.4. The first-order chi connectivity index (χ1) is 13.6. The van der Waals surface area contributed by atoms with Crippen molar-refractivity contribution in [3.63, 3.8) is 0 Å². The van der Waals surface area contributed by atoms with Crippen LogP contribution >= 0.6 is 0 Å². The highest BCUT2D eigenvalue weighted by Crippen LogP contribution is 2.35. The van der Waals surface area contributed by atoms with Crippen molar-refractivity contribution in [3.05, 3.63) is 25.3 Å². The van der Waals surface area contributed by atoms with Gasteiger partial charge >= 0.3 is 0 Å². The van der Waals surface area contributed by atoms with Gasteiger partial charge in [-0.25, -0.2) is 0 Å². The number of piperazine rings is 1. The summed E-state index contributed by atoms with van der Waals surface area (Å²) in [4.78, 5) is 25.2. The van der Waals surface area contributed by atoms with E-state index in [9.17, 15) is 9.59 Å². The van der Waals surface area contributed by atoms with Crippen molar-refractivity contribution >= 4 is 11.8 Å². The zero-order valence-electron chi connectivity index (χ0n) is 17.3. The van der Waals surface area contributed by atoms with Crippen LogP contribution in [0.25, 0.3) is 0 Å². The number of rotatable bonds is 8. The van der Waals surface area contributed by atoms with E-state index in [1.807, 2.05) is 12.2 Å². The lowest BCUT2D eigenvalue weighted by atomic mass is 9.77. The average molecular weight is 387 g/mol. The standard InChI is InChI=1S/C24H38N2O2/c1-3-5-17-7-11-19(12-8-17)15-21-23(27)26-22(24(28)25-21)16-20-13-9-18(6-4-2)10-14-20/h3-4,17-22H,1-2,5-16H2,(H,25,28)(H,26,27). The van der Waals surface area contributed by atoms with Gasteiger partial charge in [0.25, 0.3) is 0 Å². The molecule has 0 aromatic rings. The van der Waals surface area contributed by atoms with Gasteiger partial charge in [-0.05, 0) is 75.0 Å². The minimum atomic E-state index is -0.340. The maximum absolute atomic E-state index is 12.6. The molecule has 28 heavy (non-hydrogen) atoms. The van der Waals surface area contributed by atoms with Crippen LogP contribution in [0, 0.1) is 23.7 Å². The lowest BCUT2D eigenvalue weighted by Crippen LogP contribution is -2.62. The lowest BCUT2D eigenvalue weighted by Gasteiger charge is -2.36. The molecular formula is C24H38N2O2. The zero-order chi connectivity index (χ0) is 19.9. The molecule has 2 aliphatic carbocycles. The number of nitrogens with one attached hydrogen (secondary N) is 2. The number of hydrogen-bond acceptors (Lipinski definition) is 2. The van der Waals surface area contributed by atoms with Crippen LogP contribution in [0.5, 0.6) is 0 Å². The summed E-state index contributed by atoms with van der Waals surface area (Å²) < 4.78 is 0. The minimum Gasteiger partial charge on any atom is -0.343 e. The van der Waals surface area contributed by atoms with Gasteiger partial charge in [-0.3, -0.25) is 9.59 Å². The van der Waals surface area contributed by atoms with Crippen LogP contribution in [0.1, 0.15) is 77.0 Å². The van der Waals surface area contributed by atoms with Crippen LogP contribution in [0.3, 0.4) is 0 Å². The highest BCUT2D eigenvalue weighted by atomic mass is 16.2. The van der Waals surface area contributed by atoms with Crippen molar-refractivity contribution in [1.82, 2.24) is 10.6 Å². The zero-order valence-corrected chi connectivity index (χ0v) is 17.3. The summed E-state index contributed by atoms with van der Waals surface area (Å²) in [5.74, 6) is 2.67. The Morgan fingerprint density at radius 2 is 0.964 bits per heavy atom. The SMILES string of the molecule is C=CCC1CCC(CC2NC(=O)C(CC3CCC(CC=C)CC3)NC2=O)CC1. The Morgan fingerprint density at radius 1 is 0.643 bits per heavy atom. The van der Waals surface area contributed by atoms with Crippen molar-refractivity contribution in [2.45, 2.75) is 89.1 Å². The quantitative estimate of drug-likeness (QED) is 0.603. The molecule has 1 aliphatic heterocycles. The molecule has 3 rings (SSSR count). The molecule has 2 atom stereocenters. The van der Waals surface area contributed by atoms with Crippen LogP contribution < -0.4 is 10.6 Å². The highest BCUT2D eigenvalue weighted by molar-refractivity contribution is 5.96. The van der Waals surface area contributed by atoms with Gasteiger partial charge in [0.2, 0.25) is 11.8 Å². The molecule has 0 radical (unpaired) electrons. The van der Waals surface area contributed by atoms with Gasteiger partial charge < -0.3 is 10.6 Å². The van der Waals surface area contributed by atoms with Gasteiger partial charge in [0, 0.05) is 0 Å². The number of allylic oxidation sites excluding steroid dienone is 2. The van der Waals surface area contributed by atoms with Crippen LogP contribution in [0.15, 0.2) is 25.3 Å². The summed E-state index contributed by atoms with van der Waals surface area (Å²) in [5, 5.41) is 6.08. The highest BCUT2D eigenvalue weighted by Gasteiger charge is 2.37. The largest absolute Gasteiger partial charge is 0.343 e. The molecule has 2 unspecified atom stereocenters. The van der Waals surface area contributed by atoms with Gasteiger partial charge in [0.05, 0.1) is 0 Å². The molecule has 3 fully saturated rings. The summed E-state index contributed by atoms with van der Waals surface area (Å²) >= 11 is 0. The maximum Gasteiger partial charge on any atom is 0.243 e. The fraction of sp³-hybridized carbons (Fsp3) is 0.750. The van der Waals surface area contributed by atoms with Gasteiger partial charge in [0.1, 0.15) is 12.1 Å². The topological polar surface area (TPSA) is 58.2 Å². The second kappa shape index (κ2) is 10.3. The molecular weight excluding hydrogens is 348 g/mol. The Balaban J connectivity index is 1.42. The molecule has 0 aromatic carbocycles. The Morgan fingerprint density at radius 3 is 1.29 bits per heavy atom. The minimum absolute atomic E-state index is 0.0261. The second-order valence-electron chi connectivity index (χ2n) is 9.42. The molecule has 0 bridgehead atoms. The van der Waals surface area contributed by atoms with Gasteiger partial charge in [-0.15, -0.1) is 13.2 Å².